The topological polar surface area (TPSA) is 104 Å². The fourth-order valence-corrected chi connectivity index (χ4v) is 2.94. The summed E-state index contributed by atoms with van der Waals surface area (Å²) in [5.41, 5.74) is 0.810. The number of nitrogens with zero attached hydrogens (tertiary/aromatic N) is 2. The Morgan fingerprint density at radius 1 is 1.29 bits per heavy atom. The van der Waals surface area contributed by atoms with Gasteiger partial charge in [-0.2, -0.15) is 0 Å². The lowest BCUT2D eigenvalue weighted by molar-refractivity contribution is -0.128. The normalized spacial score (nSPS) is 21.5. The van der Waals surface area contributed by atoms with E-state index >= 15 is 0 Å². The first-order chi connectivity index (χ1) is 13.5. The maximum Gasteiger partial charge on any atom is 0.225 e. The van der Waals surface area contributed by atoms with Crippen molar-refractivity contribution in [1.82, 2.24) is 20.5 Å². The SMILES string of the molecule is CN(C)CCCNC(=O)C[C@H]1C=C[C@@H](NC(=O)Cc2cccnc2)[C@@H](CO)O1. The van der Waals surface area contributed by atoms with E-state index in [4.69, 9.17) is 4.74 Å². The zero-order chi connectivity index (χ0) is 20.4. The molecule has 2 amide bonds. The lowest BCUT2D eigenvalue weighted by Crippen LogP contribution is -2.49. The van der Waals surface area contributed by atoms with Gasteiger partial charge in [0.15, 0.2) is 0 Å². The molecule has 0 bridgehead atoms. The number of aromatic nitrogens is 1. The van der Waals surface area contributed by atoms with E-state index in [9.17, 15) is 14.7 Å². The van der Waals surface area contributed by atoms with Gasteiger partial charge in [0.05, 0.1) is 31.6 Å². The van der Waals surface area contributed by atoms with Crippen LogP contribution in [-0.4, -0.2) is 78.8 Å². The summed E-state index contributed by atoms with van der Waals surface area (Å²) in [4.78, 5) is 30.3. The molecule has 0 radical (unpaired) electrons. The molecular weight excluding hydrogens is 360 g/mol. The highest BCUT2D eigenvalue weighted by Gasteiger charge is 2.28. The molecule has 0 saturated heterocycles. The van der Waals surface area contributed by atoms with Crippen molar-refractivity contribution in [1.29, 1.82) is 0 Å². The van der Waals surface area contributed by atoms with Crippen LogP contribution in [0.5, 0.6) is 0 Å². The smallest absolute Gasteiger partial charge is 0.225 e. The van der Waals surface area contributed by atoms with E-state index in [0.29, 0.717) is 6.54 Å². The van der Waals surface area contributed by atoms with Gasteiger partial charge in [0, 0.05) is 18.9 Å². The number of aliphatic hydroxyl groups is 1. The number of hydrogen-bond acceptors (Lipinski definition) is 6. The second-order valence-corrected chi connectivity index (χ2v) is 7.12. The zero-order valence-electron chi connectivity index (χ0n) is 16.5. The number of carbonyl (C=O) groups excluding carboxylic acids is 2. The summed E-state index contributed by atoms with van der Waals surface area (Å²) in [7, 11) is 3.98. The molecule has 1 aromatic heterocycles. The molecule has 2 heterocycles. The summed E-state index contributed by atoms with van der Waals surface area (Å²) in [6.07, 6.45) is 7.11. The van der Waals surface area contributed by atoms with Gasteiger partial charge >= 0.3 is 0 Å². The summed E-state index contributed by atoms with van der Waals surface area (Å²) in [5.74, 6) is -0.272. The van der Waals surface area contributed by atoms with E-state index in [-0.39, 0.29) is 31.3 Å². The molecule has 8 heteroatoms. The number of hydrogen-bond donors (Lipinski definition) is 3. The predicted molar refractivity (Wildman–Crippen MR) is 106 cm³/mol. The van der Waals surface area contributed by atoms with Crippen LogP contribution in [0.1, 0.15) is 18.4 Å². The highest BCUT2D eigenvalue weighted by Crippen LogP contribution is 2.16. The van der Waals surface area contributed by atoms with Crippen LogP contribution in [0.2, 0.25) is 0 Å². The van der Waals surface area contributed by atoms with Crippen molar-refractivity contribution in [3.05, 3.63) is 42.2 Å². The average Bonchev–Trinajstić information content (AvgIpc) is 2.67. The Morgan fingerprint density at radius 2 is 2.11 bits per heavy atom. The van der Waals surface area contributed by atoms with Crippen molar-refractivity contribution in [3.63, 3.8) is 0 Å². The molecule has 1 aliphatic heterocycles. The van der Waals surface area contributed by atoms with Crippen LogP contribution >= 0.6 is 0 Å². The van der Waals surface area contributed by atoms with Crippen molar-refractivity contribution in [2.75, 3.05) is 33.8 Å². The first-order valence-electron chi connectivity index (χ1n) is 9.52. The van der Waals surface area contributed by atoms with Crippen LogP contribution in [-0.2, 0) is 20.7 Å². The van der Waals surface area contributed by atoms with E-state index in [2.05, 4.69) is 20.5 Å². The molecule has 0 aromatic carbocycles. The minimum Gasteiger partial charge on any atom is -0.394 e. The van der Waals surface area contributed by atoms with Crippen molar-refractivity contribution in [2.24, 2.45) is 0 Å². The van der Waals surface area contributed by atoms with Gasteiger partial charge in [-0.1, -0.05) is 18.2 Å². The summed E-state index contributed by atoms with van der Waals surface area (Å²) >= 11 is 0. The van der Waals surface area contributed by atoms with Crippen LogP contribution in [0.15, 0.2) is 36.7 Å². The maximum absolute atomic E-state index is 12.2. The molecule has 2 rings (SSSR count). The standard InChI is InChI=1S/C20H30N4O4/c1-24(2)10-4-9-22-19(26)12-16-6-7-17(18(14-25)28-16)23-20(27)11-15-5-3-8-21-13-15/h3,5-8,13,16-18,25H,4,9-12,14H2,1-2H3,(H,22,26)(H,23,27)/t16-,17-,18-/m1/s1. The quantitative estimate of drug-likeness (QED) is 0.380. The molecule has 154 valence electrons. The first-order valence-corrected chi connectivity index (χ1v) is 9.52. The van der Waals surface area contributed by atoms with Gasteiger partial charge in [0.2, 0.25) is 11.8 Å². The van der Waals surface area contributed by atoms with Crippen LogP contribution in [0.25, 0.3) is 0 Å². The number of rotatable bonds is 10. The summed E-state index contributed by atoms with van der Waals surface area (Å²) in [6.45, 7) is 1.28. The molecule has 0 saturated carbocycles. The van der Waals surface area contributed by atoms with Gasteiger partial charge in [-0.05, 0) is 38.7 Å². The number of carbonyl (C=O) groups is 2. The number of pyridine rings is 1. The van der Waals surface area contributed by atoms with Gasteiger partial charge < -0.3 is 25.4 Å². The number of aliphatic hydroxyl groups excluding tert-OH is 1. The van der Waals surface area contributed by atoms with E-state index in [1.807, 2.05) is 20.2 Å². The Balaban J connectivity index is 1.79. The van der Waals surface area contributed by atoms with Crippen molar-refractivity contribution < 1.29 is 19.4 Å². The Kier molecular flexibility index (Phi) is 9.06. The second-order valence-electron chi connectivity index (χ2n) is 7.12. The third kappa shape index (κ3) is 7.75. The Labute approximate surface area is 166 Å². The van der Waals surface area contributed by atoms with E-state index in [1.54, 1.807) is 30.6 Å². The minimum absolute atomic E-state index is 0.0934. The second kappa shape index (κ2) is 11.5. The maximum atomic E-state index is 12.2. The fraction of sp³-hybridized carbons (Fsp3) is 0.550. The average molecular weight is 390 g/mol. The molecule has 3 atom stereocenters. The number of nitrogens with one attached hydrogen (secondary N) is 2. The Hall–Kier alpha value is -2.29. The summed E-state index contributed by atoms with van der Waals surface area (Å²) < 4.78 is 5.78. The highest BCUT2D eigenvalue weighted by molar-refractivity contribution is 5.79. The molecule has 0 unspecified atom stereocenters. The van der Waals surface area contributed by atoms with Crippen molar-refractivity contribution >= 4 is 11.8 Å². The summed E-state index contributed by atoms with van der Waals surface area (Å²) in [5, 5.41) is 15.3. The Bertz CT molecular complexity index is 651. The molecule has 0 fully saturated rings. The van der Waals surface area contributed by atoms with Crippen molar-refractivity contribution in [3.8, 4) is 0 Å². The van der Waals surface area contributed by atoms with Gasteiger partial charge in [-0.25, -0.2) is 0 Å². The number of ether oxygens (including phenoxy) is 1. The highest BCUT2D eigenvalue weighted by atomic mass is 16.5. The third-order valence-corrected chi connectivity index (χ3v) is 4.37. The van der Waals surface area contributed by atoms with Crippen LogP contribution in [0, 0.1) is 0 Å². The van der Waals surface area contributed by atoms with Crippen LogP contribution in [0.4, 0.5) is 0 Å². The van der Waals surface area contributed by atoms with E-state index in [1.165, 1.54) is 0 Å². The van der Waals surface area contributed by atoms with Gasteiger partial charge in [-0.15, -0.1) is 0 Å². The van der Waals surface area contributed by atoms with Crippen molar-refractivity contribution in [2.45, 2.75) is 37.5 Å². The molecular formula is C20H30N4O4. The molecule has 0 spiro atoms. The van der Waals surface area contributed by atoms with E-state index in [0.717, 1.165) is 18.5 Å². The van der Waals surface area contributed by atoms with Gasteiger partial charge in [0.25, 0.3) is 0 Å². The molecule has 8 nitrogen and oxygen atoms in total. The number of amides is 2. The molecule has 0 aliphatic carbocycles. The lowest BCUT2D eigenvalue weighted by Gasteiger charge is -2.31. The summed E-state index contributed by atoms with van der Waals surface area (Å²) in [6, 6.07) is 3.17. The van der Waals surface area contributed by atoms with Gasteiger partial charge in [-0.3, -0.25) is 14.6 Å². The monoisotopic (exact) mass is 390 g/mol. The van der Waals surface area contributed by atoms with Crippen LogP contribution < -0.4 is 10.6 Å². The molecule has 1 aromatic rings. The lowest BCUT2D eigenvalue weighted by atomic mass is 10.0. The van der Waals surface area contributed by atoms with Crippen LogP contribution in [0.3, 0.4) is 0 Å². The fourth-order valence-electron chi connectivity index (χ4n) is 2.94. The predicted octanol–water partition coefficient (Wildman–Crippen LogP) is -0.117. The zero-order valence-corrected chi connectivity index (χ0v) is 16.5. The molecule has 1 aliphatic rings. The third-order valence-electron chi connectivity index (χ3n) is 4.37. The van der Waals surface area contributed by atoms with Gasteiger partial charge in [0.1, 0.15) is 6.10 Å². The largest absolute Gasteiger partial charge is 0.394 e. The minimum atomic E-state index is -0.589. The molecule has 3 N–H and O–H groups in total. The van der Waals surface area contributed by atoms with E-state index < -0.39 is 18.2 Å². The first kappa shape index (κ1) is 22.0. The Morgan fingerprint density at radius 3 is 2.79 bits per heavy atom. The molecule has 28 heavy (non-hydrogen) atoms.